The maximum absolute atomic E-state index is 14.0. The van der Waals surface area contributed by atoms with Crippen molar-refractivity contribution in [2.45, 2.75) is 43.6 Å². The fourth-order valence-electron chi connectivity index (χ4n) is 8.52. The van der Waals surface area contributed by atoms with Gasteiger partial charge in [0.05, 0.1) is 11.5 Å². The Morgan fingerprint density at radius 1 is 0.814 bits per heavy atom. The van der Waals surface area contributed by atoms with Crippen LogP contribution in [-0.2, 0) is 25.5 Å². The smallest absolute Gasteiger partial charge is 0.407 e. The molecule has 59 heavy (non-hydrogen) atoms. The molecule has 1 N–H and O–H groups in total. The molecule has 14 nitrogen and oxygen atoms in total. The molecule has 2 aliphatic carbocycles. The quantitative estimate of drug-likeness (QED) is 0.0208. The van der Waals surface area contributed by atoms with Gasteiger partial charge >= 0.3 is 12.1 Å². The largest absolute Gasteiger partial charge is 0.493 e. The van der Waals surface area contributed by atoms with E-state index in [1.165, 1.54) is 17.0 Å². The lowest BCUT2D eigenvalue weighted by atomic mass is 9.98. The van der Waals surface area contributed by atoms with E-state index in [2.05, 4.69) is 15.3 Å². The predicted molar refractivity (Wildman–Crippen MR) is 219 cm³/mol. The van der Waals surface area contributed by atoms with Gasteiger partial charge in [0.1, 0.15) is 30.7 Å². The van der Waals surface area contributed by atoms with Crippen molar-refractivity contribution in [3.05, 3.63) is 158 Å². The zero-order valence-electron chi connectivity index (χ0n) is 32.0. The summed E-state index contributed by atoms with van der Waals surface area (Å²) in [6.45, 7) is 0.608. The van der Waals surface area contributed by atoms with Crippen LogP contribution in [-0.4, -0.2) is 61.8 Å². The molecule has 5 aromatic rings. The summed E-state index contributed by atoms with van der Waals surface area (Å²) in [6, 6.07) is 33.3. The lowest BCUT2D eigenvalue weighted by Crippen LogP contribution is -2.43. The monoisotopic (exact) mass is 792 g/mol. The van der Waals surface area contributed by atoms with Gasteiger partial charge in [-0.1, -0.05) is 102 Å². The maximum Gasteiger partial charge on any atom is 0.407 e. The lowest BCUT2D eigenvalue weighted by Gasteiger charge is -2.22. The number of fused-ring (bicyclic) bond motifs is 7. The molecular formula is C45H40N6O8. The Morgan fingerprint density at radius 2 is 1.36 bits per heavy atom. The summed E-state index contributed by atoms with van der Waals surface area (Å²) >= 11 is 0. The molecule has 14 heteroatoms. The van der Waals surface area contributed by atoms with Crippen LogP contribution in [0, 0.1) is 10.1 Å². The number of carbonyl (C=O) groups excluding carboxylic acids is 3. The fraction of sp³-hybridized carbons (Fsp3) is 0.267. The number of esters is 1. The van der Waals surface area contributed by atoms with Gasteiger partial charge < -0.3 is 24.4 Å². The van der Waals surface area contributed by atoms with E-state index in [9.17, 15) is 24.5 Å². The summed E-state index contributed by atoms with van der Waals surface area (Å²) in [5.41, 5.74) is 17.3. The zero-order valence-corrected chi connectivity index (χ0v) is 32.0. The van der Waals surface area contributed by atoms with Crippen LogP contribution < -0.4 is 15.0 Å². The Bertz CT molecular complexity index is 2410. The fourth-order valence-corrected chi connectivity index (χ4v) is 8.52. The van der Waals surface area contributed by atoms with Crippen LogP contribution >= 0.6 is 0 Å². The molecule has 0 saturated heterocycles. The van der Waals surface area contributed by atoms with Gasteiger partial charge in [0, 0.05) is 47.9 Å². The van der Waals surface area contributed by atoms with Gasteiger partial charge in [0.2, 0.25) is 5.91 Å². The first kappa shape index (κ1) is 38.7. The number of ether oxygens (including phenoxy) is 3. The Kier molecular flexibility index (Phi) is 11.2. The molecule has 1 aliphatic heterocycles. The van der Waals surface area contributed by atoms with Crippen molar-refractivity contribution < 1.29 is 33.5 Å². The number of benzene rings is 5. The van der Waals surface area contributed by atoms with Gasteiger partial charge in [0.15, 0.2) is 0 Å². The molecule has 8 rings (SSSR count). The number of nitrogens with zero attached hydrogens (tertiary/aromatic N) is 5. The topological polar surface area (TPSA) is 186 Å². The molecule has 5 aromatic carbocycles. The average molecular weight is 793 g/mol. The number of nitro benzene ring substituents is 1. The van der Waals surface area contributed by atoms with E-state index in [1.54, 1.807) is 0 Å². The predicted octanol–water partition coefficient (Wildman–Crippen LogP) is 8.61. The standard InChI is InChI=1S/C45H40N6O8/c46-49-47-23-9-25-57-41-20-19-40(51(55)56)43-36(41)22-24-50(43)42(52)21-18-39(44(53)58-26-37-32-14-5-1-10-28(32)29-11-2-6-15-33(29)37)48-45(54)59-27-38-34-16-7-3-12-30(34)31-13-4-8-17-35(31)38/h1-8,10-17,19-20,37-39H,9,18,21-27H2,(H,48,54)/t39-/m0/s1. The minimum Gasteiger partial charge on any atom is -0.493 e. The van der Waals surface area contributed by atoms with Crippen LogP contribution in [0.25, 0.3) is 32.7 Å². The number of hydrogen-bond acceptors (Lipinski definition) is 9. The third kappa shape index (κ3) is 7.77. The maximum atomic E-state index is 14.0. The third-order valence-electron chi connectivity index (χ3n) is 11.2. The molecule has 0 spiro atoms. The van der Waals surface area contributed by atoms with Crippen molar-refractivity contribution in [1.82, 2.24) is 5.32 Å². The molecule has 0 fully saturated rings. The van der Waals surface area contributed by atoms with Crippen LogP contribution in [0.15, 0.2) is 114 Å². The second-order valence-corrected chi connectivity index (χ2v) is 14.5. The van der Waals surface area contributed by atoms with E-state index in [0.29, 0.717) is 24.2 Å². The molecule has 3 aliphatic rings. The van der Waals surface area contributed by atoms with Crippen molar-refractivity contribution >= 4 is 29.3 Å². The highest BCUT2D eigenvalue weighted by atomic mass is 16.6. The van der Waals surface area contributed by atoms with Crippen LogP contribution in [0.4, 0.5) is 16.2 Å². The van der Waals surface area contributed by atoms with Gasteiger partial charge in [-0.05, 0) is 75.4 Å². The van der Waals surface area contributed by atoms with Gasteiger partial charge in [-0.3, -0.25) is 14.9 Å². The van der Waals surface area contributed by atoms with Crippen LogP contribution in [0.5, 0.6) is 5.75 Å². The van der Waals surface area contributed by atoms with Crippen molar-refractivity contribution in [2.24, 2.45) is 5.11 Å². The summed E-state index contributed by atoms with van der Waals surface area (Å²) in [6.07, 6.45) is -0.502. The summed E-state index contributed by atoms with van der Waals surface area (Å²) in [7, 11) is 0. The molecule has 1 atom stereocenters. The molecule has 298 valence electrons. The third-order valence-corrected chi connectivity index (χ3v) is 11.2. The molecule has 1 heterocycles. The van der Waals surface area contributed by atoms with Crippen LogP contribution in [0.3, 0.4) is 0 Å². The SMILES string of the molecule is [N-]=[N+]=NCCCOc1ccc([N+](=O)[O-])c2c1CCN2C(=O)CC[C@H](NC(=O)OCC1c2ccccc2-c2ccccc21)C(=O)OCC1c2ccccc2-c2ccccc21. The summed E-state index contributed by atoms with van der Waals surface area (Å²) in [5.74, 6) is -1.26. The molecule has 0 unspecified atom stereocenters. The van der Waals surface area contributed by atoms with E-state index in [4.69, 9.17) is 19.7 Å². The number of nitrogens with one attached hydrogen (secondary N) is 1. The number of carbonyl (C=O) groups is 3. The van der Waals surface area contributed by atoms with E-state index < -0.39 is 28.9 Å². The minimum atomic E-state index is -1.27. The number of alkyl carbamates (subject to hydrolysis) is 1. The van der Waals surface area contributed by atoms with Crippen molar-refractivity contribution in [1.29, 1.82) is 0 Å². The van der Waals surface area contributed by atoms with Crippen molar-refractivity contribution in [3.8, 4) is 28.0 Å². The molecule has 0 aromatic heterocycles. The lowest BCUT2D eigenvalue weighted by molar-refractivity contribution is -0.384. The Labute approximate surface area is 339 Å². The minimum absolute atomic E-state index is 0.00100. The first-order valence-corrected chi connectivity index (χ1v) is 19.5. The van der Waals surface area contributed by atoms with Gasteiger partial charge in [-0.15, -0.1) is 0 Å². The number of rotatable bonds is 15. The van der Waals surface area contributed by atoms with E-state index in [0.717, 1.165) is 44.5 Å². The zero-order chi connectivity index (χ0) is 40.9. The van der Waals surface area contributed by atoms with Crippen LogP contribution in [0.2, 0.25) is 0 Å². The molecule has 0 radical (unpaired) electrons. The van der Waals surface area contributed by atoms with Crippen LogP contribution in [0.1, 0.15) is 58.9 Å². The Hall–Kier alpha value is -7.18. The summed E-state index contributed by atoms with van der Waals surface area (Å²) in [5, 5.41) is 18.3. The van der Waals surface area contributed by atoms with Crippen molar-refractivity contribution in [3.63, 3.8) is 0 Å². The summed E-state index contributed by atoms with van der Waals surface area (Å²) in [4.78, 5) is 57.1. The highest BCUT2D eigenvalue weighted by Crippen LogP contribution is 2.46. The number of amides is 2. The second-order valence-electron chi connectivity index (χ2n) is 14.5. The normalized spacial score (nSPS) is 13.9. The highest BCUT2D eigenvalue weighted by molar-refractivity contribution is 5.99. The second kappa shape index (κ2) is 17.1. The number of hydrogen-bond donors (Lipinski definition) is 1. The Balaban J connectivity index is 0.990. The Morgan fingerprint density at radius 3 is 1.90 bits per heavy atom. The molecular weight excluding hydrogens is 753 g/mol. The number of anilines is 1. The molecule has 2 amide bonds. The van der Waals surface area contributed by atoms with E-state index >= 15 is 0 Å². The number of azide groups is 1. The molecule has 0 saturated carbocycles. The van der Waals surface area contributed by atoms with Gasteiger partial charge in [-0.2, -0.15) is 0 Å². The number of nitro groups is 1. The van der Waals surface area contributed by atoms with Gasteiger partial charge in [0.25, 0.3) is 5.69 Å². The highest BCUT2D eigenvalue weighted by Gasteiger charge is 2.37. The summed E-state index contributed by atoms with van der Waals surface area (Å²) < 4.78 is 17.6. The average Bonchev–Trinajstić information content (AvgIpc) is 3.94. The first-order chi connectivity index (χ1) is 28.8. The molecule has 0 bridgehead atoms. The van der Waals surface area contributed by atoms with E-state index in [1.807, 2.05) is 97.1 Å². The van der Waals surface area contributed by atoms with Gasteiger partial charge in [-0.25, -0.2) is 9.59 Å². The van der Waals surface area contributed by atoms with Crippen molar-refractivity contribution in [2.75, 3.05) is 37.8 Å². The first-order valence-electron chi connectivity index (χ1n) is 19.5. The van der Waals surface area contributed by atoms with E-state index in [-0.39, 0.29) is 69.0 Å².